The van der Waals surface area contributed by atoms with Crippen molar-refractivity contribution in [2.24, 2.45) is 5.41 Å². The van der Waals surface area contributed by atoms with Crippen molar-refractivity contribution >= 4 is 11.6 Å². The van der Waals surface area contributed by atoms with Gasteiger partial charge in [0.25, 0.3) is 0 Å². The Morgan fingerprint density at radius 3 is 2.55 bits per heavy atom. The van der Waals surface area contributed by atoms with Gasteiger partial charge in [-0.3, -0.25) is 0 Å². The molecule has 1 fully saturated rings. The van der Waals surface area contributed by atoms with E-state index < -0.39 is 0 Å². The van der Waals surface area contributed by atoms with Crippen molar-refractivity contribution in [3.05, 3.63) is 11.9 Å². The van der Waals surface area contributed by atoms with Gasteiger partial charge in [0.1, 0.15) is 17.5 Å². The van der Waals surface area contributed by atoms with Crippen molar-refractivity contribution in [2.75, 3.05) is 11.1 Å². The van der Waals surface area contributed by atoms with Crippen molar-refractivity contribution < 1.29 is 0 Å². The molecule has 0 radical (unpaired) electrons. The number of nitrogen functional groups attached to an aromatic ring is 1. The van der Waals surface area contributed by atoms with Crippen molar-refractivity contribution in [2.45, 2.75) is 71.8 Å². The Morgan fingerprint density at radius 1 is 1.25 bits per heavy atom. The van der Waals surface area contributed by atoms with Crippen LogP contribution in [0.4, 0.5) is 11.6 Å². The maximum atomic E-state index is 5.94. The van der Waals surface area contributed by atoms with E-state index in [-0.39, 0.29) is 5.41 Å². The monoisotopic (exact) mass is 276 g/mol. The molecular formula is C16H28N4. The molecule has 1 aromatic rings. The Labute approximate surface area is 122 Å². The smallest absolute Gasteiger partial charge is 0.138 e. The summed E-state index contributed by atoms with van der Waals surface area (Å²) >= 11 is 0. The van der Waals surface area contributed by atoms with E-state index in [0.29, 0.717) is 17.3 Å². The fourth-order valence-electron chi connectivity index (χ4n) is 2.82. The minimum Gasteiger partial charge on any atom is -0.384 e. The second-order valence-electron chi connectivity index (χ2n) is 7.68. The zero-order valence-corrected chi connectivity index (χ0v) is 13.5. The number of nitrogens with zero attached hydrogens (tertiary/aromatic N) is 2. The van der Waals surface area contributed by atoms with Gasteiger partial charge in [-0.1, -0.05) is 47.5 Å². The summed E-state index contributed by atoms with van der Waals surface area (Å²) in [6.07, 6.45) is 5.07. The van der Waals surface area contributed by atoms with Gasteiger partial charge in [-0.15, -0.1) is 0 Å². The zero-order valence-electron chi connectivity index (χ0n) is 13.5. The van der Waals surface area contributed by atoms with Crippen LogP contribution < -0.4 is 11.1 Å². The lowest BCUT2D eigenvalue weighted by Gasteiger charge is -2.39. The summed E-state index contributed by atoms with van der Waals surface area (Å²) in [5, 5.41) is 3.59. The van der Waals surface area contributed by atoms with Crippen molar-refractivity contribution in [3.8, 4) is 0 Å². The number of nitrogens with one attached hydrogen (secondary N) is 1. The molecule has 0 amide bonds. The topological polar surface area (TPSA) is 63.8 Å². The van der Waals surface area contributed by atoms with Crippen LogP contribution >= 0.6 is 0 Å². The third-order valence-electron chi connectivity index (χ3n) is 4.25. The average molecular weight is 276 g/mol. The maximum absolute atomic E-state index is 5.94. The highest BCUT2D eigenvalue weighted by molar-refractivity contribution is 5.46. The second kappa shape index (κ2) is 5.23. The maximum Gasteiger partial charge on any atom is 0.138 e. The summed E-state index contributed by atoms with van der Waals surface area (Å²) in [5.41, 5.74) is 6.15. The first-order chi connectivity index (χ1) is 9.18. The minimum absolute atomic E-state index is 0.0894. The third kappa shape index (κ3) is 3.41. The Hall–Kier alpha value is -1.32. The first-order valence-electron chi connectivity index (χ1n) is 7.60. The van der Waals surface area contributed by atoms with Crippen LogP contribution in [0.25, 0.3) is 0 Å². The average Bonchev–Trinajstić information content (AvgIpc) is 2.30. The molecule has 1 aromatic heterocycles. The molecule has 4 nitrogen and oxygen atoms in total. The van der Waals surface area contributed by atoms with E-state index in [4.69, 9.17) is 5.73 Å². The predicted molar refractivity (Wildman–Crippen MR) is 84.8 cm³/mol. The van der Waals surface area contributed by atoms with E-state index >= 15 is 0 Å². The summed E-state index contributed by atoms with van der Waals surface area (Å²) in [6.45, 7) is 11.0. The highest BCUT2D eigenvalue weighted by Crippen LogP contribution is 2.37. The normalized spacial score (nSPS) is 22.6. The van der Waals surface area contributed by atoms with E-state index in [1.807, 2.05) is 6.07 Å². The van der Waals surface area contributed by atoms with E-state index in [1.165, 1.54) is 25.7 Å². The highest BCUT2D eigenvalue weighted by Gasteiger charge is 2.32. The molecule has 4 heteroatoms. The number of aromatic nitrogens is 2. The van der Waals surface area contributed by atoms with Gasteiger partial charge in [0, 0.05) is 17.5 Å². The first kappa shape index (κ1) is 15.1. The number of hydrogen-bond acceptors (Lipinski definition) is 4. The van der Waals surface area contributed by atoms with Gasteiger partial charge in [-0.2, -0.15) is 0 Å². The fraction of sp³-hybridized carbons (Fsp3) is 0.750. The van der Waals surface area contributed by atoms with E-state index in [2.05, 4.69) is 49.9 Å². The molecule has 0 saturated heterocycles. The van der Waals surface area contributed by atoms with Gasteiger partial charge in [-0.25, -0.2) is 9.97 Å². The third-order valence-corrected chi connectivity index (χ3v) is 4.25. The fourth-order valence-corrected chi connectivity index (χ4v) is 2.82. The Balaban J connectivity index is 2.23. The number of nitrogens with two attached hydrogens (primary N) is 1. The van der Waals surface area contributed by atoms with Crippen LogP contribution in [0.1, 0.15) is 66.1 Å². The summed E-state index contributed by atoms with van der Waals surface area (Å²) in [4.78, 5) is 9.02. The SMILES string of the molecule is CC(C)(C)c1nc(N)cc(NC2CCCCC2(C)C)n1. The lowest BCUT2D eigenvalue weighted by Crippen LogP contribution is -2.39. The minimum atomic E-state index is -0.0894. The summed E-state index contributed by atoms with van der Waals surface area (Å²) in [6, 6.07) is 2.30. The van der Waals surface area contributed by atoms with Crippen LogP contribution in [-0.2, 0) is 5.41 Å². The molecule has 20 heavy (non-hydrogen) atoms. The molecule has 0 aromatic carbocycles. The predicted octanol–water partition coefficient (Wildman–Crippen LogP) is 3.74. The van der Waals surface area contributed by atoms with E-state index in [0.717, 1.165) is 11.6 Å². The molecule has 0 spiro atoms. The van der Waals surface area contributed by atoms with Gasteiger partial charge in [0.15, 0.2) is 0 Å². The van der Waals surface area contributed by atoms with Crippen molar-refractivity contribution in [1.29, 1.82) is 0 Å². The van der Waals surface area contributed by atoms with Gasteiger partial charge in [0.2, 0.25) is 0 Å². The molecule has 1 aliphatic carbocycles. The molecule has 1 unspecified atom stereocenters. The Kier molecular flexibility index (Phi) is 3.94. The standard InChI is InChI=1S/C16H28N4/c1-15(2,3)14-19-12(17)10-13(20-14)18-11-8-6-7-9-16(11,4)5/h10-11H,6-9H2,1-5H3,(H3,17,18,19,20). The summed E-state index contributed by atoms with van der Waals surface area (Å²) in [5.74, 6) is 2.21. The van der Waals surface area contributed by atoms with Gasteiger partial charge < -0.3 is 11.1 Å². The quantitative estimate of drug-likeness (QED) is 0.863. The molecule has 0 bridgehead atoms. The van der Waals surface area contributed by atoms with Crippen LogP contribution in [0.15, 0.2) is 6.07 Å². The zero-order chi connectivity index (χ0) is 15.0. The molecule has 3 N–H and O–H groups in total. The van der Waals surface area contributed by atoms with Gasteiger partial charge in [0.05, 0.1) is 0 Å². The molecule has 0 aliphatic heterocycles. The summed E-state index contributed by atoms with van der Waals surface area (Å²) < 4.78 is 0. The lowest BCUT2D eigenvalue weighted by atomic mass is 9.73. The molecule has 1 aliphatic rings. The van der Waals surface area contributed by atoms with Gasteiger partial charge in [-0.05, 0) is 18.3 Å². The van der Waals surface area contributed by atoms with Crippen LogP contribution in [0.5, 0.6) is 0 Å². The first-order valence-corrected chi connectivity index (χ1v) is 7.60. The van der Waals surface area contributed by atoms with E-state index in [1.54, 1.807) is 0 Å². The van der Waals surface area contributed by atoms with E-state index in [9.17, 15) is 0 Å². The van der Waals surface area contributed by atoms with Crippen LogP contribution in [0.2, 0.25) is 0 Å². The largest absolute Gasteiger partial charge is 0.384 e. The van der Waals surface area contributed by atoms with Crippen molar-refractivity contribution in [1.82, 2.24) is 9.97 Å². The Morgan fingerprint density at radius 2 is 1.95 bits per heavy atom. The molecule has 1 atom stereocenters. The van der Waals surface area contributed by atoms with Crippen LogP contribution in [0, 0.1) is 5.41 Å². The molecular weight excluding hydrogens is 248 g/mol. The number of rotatable bonds is 2. The number of hydrogen-bond donors (Lipinski definition) is 2. The molecule has 1 heterocycles. The van der Waals surface area contributed by atoms with Crippen molar-refractivity contribution in [3.63, 3.8) is 0 Å². The number of anilines is 2. The molecule has 2 rings (SSSR count). The molecule has 1 saturated carbocycles. The highest BCUT2D eigenvalue weighted by atomic mass is 15.1. The van der Waals surface area contributed by atoms with Crippen LogP contribution in [0.3, 0.4) is 0 Å². The van der Waals surface area contributed by atoms with Crippen LogP contribution in [-0.4, -0.2) is 16.0 Å². The second-order valence-corrected chi connectivity index (χ2v) is 7.68. The molecule has 112 valence electrons. The Bertz CT molecular complexity index is 474. The van der Waals surface area contributed by atoms with Gasteiger partial charge >= 0.3 is 0 Å². The lowest BCUT2D eigenvalue weighted by molar-refractivity contribution is 0.216. The summed E-state index contributed by atoms with van der Waals surface area (Å²) in [7, 11) is 0.